The molecule has 3 aliphatic rings. The summed E-state index contributed by atoms with van der Waals surface area (Å²) in [5.41, 5.74) is -0.353. The molecule has 0 spiro atoms. The van der Waals surface area contributed by atoms with Crippen molar-refractivity contribution in [3.63, 3.8) is 0 Å². The monoisotopic (exact) mass is 584 g/mol. The van der Waals surface area contributed by atoms with E-state index in [0.717, 1.165) is 20.7 Å². The Hall–Kier alpha value is -2.39. The van der Waals surface area contributed by atoms with E-state index >= 15 is 0 Å². The molecule has 218 valence electrons. The molecule has 3 saturated heterocycles. The third kappa shape index (κ3) is 6.68. The van der Waals surface area contributed by atoms with Gasteiger partial charge in [-0.2, -0.15) is 43.4 Å². The van der Waals surface area contributed by atoms with Crippen LogP contribution < -0.4 is 5.32 Å². The summed E-state index contributed by atoms with van der Waals surface area (Å²) >= 11 is 0. The van der Waals surface area contributed by atoms with E-state index in [1.54, 1.807) is 0 Å². The molecular weight excluding hydrogens is 554 g/mol. The minimum atomic E-state index is -4.48. The lowest BCUT2D eigenvalue weighted by molar-refractivity contribution is -0.169. The summed E-state index contributed by atoms with van der Waals surface area (Å²) in [4.78, 5) is 27.6. The van der Waals surface area contributed by atoms with Crippen molar-refractivity contribution in [3.8, 4) is 0 Å². The number of amides is 2. The molecule has 0 aromatic heterocycles. The van der Waals surface area contributed by atoms with Gasteiger partial charge in [0.1, 0.15) is 6.04 Å². The number of nitrogens with one attached hydrogen (secondary N) is 1. The highest BCUT2D eigenvalue weighted by molar-refractivity contribution is 7.86. The number of carbonyl (C=O) groups is 2. The topological polar surface area (TPSA) is 90.0 Å². The summed E-state index contributed by atoms with van der Waals surface area (Å²) in [7, 11) is -4.18. The average Bonchev–Trinajstić information content (AvgIpc) is 3.57. The van der Waals surface area contributed by atoms with E-state index in [-0.39, 0.29) is 32.6 Å². The van der Waals surface area contributed by atoms with Crippen molar-refractivity contribution in [1.82, 2.24) is 18.8 Å². The maximum absolute atomic E-state index is 13.4. The van der Waals surface area contributed by atoms with E-state index in [1.807, 2.05) is 0 Å². The van der Waals surface area contributed by atoms with Crippen molar-refractivity contribution in [2.75, 3.05) is 32.7 Å². The normalized spacial score (nSPS) is 25.7. The molecule has 3 heterocycles. The first-order valence-corrected chi connectivity index (χ1v) is 14.1. The van der Waals surface area contributed by atoms with Crippen LogP contribution in [0.1, 0.15) is 43.2 Å². The van der Waals surface area contributed by atoms with Gasteiger partial charge in [0.15, 0.2) is 0 Å². The lowest BCUT2D eigenvalue weighted by Gasteiger charge is -2.36. The summed E-state index contributed by atoms with van der Waals surface area (Å²) in [5, 5.41) is 2.65. The van der Waals surface area contributed by atoms with E-state index in [1.165, 1.54) is 17.0 Å². The summed E-state index contributed by atoms with van der Waals surface area (Å²) < 4.78 is 105. The van der Waals surface area contributed by atoms with Gasteiger partial charge in [-0.15, -0.1) is 0 Å². The van der Waals surface area contributed by atoms with Gasteiger partial charge in [0.05, 0.1) is 17.4 Å². The van der Waals surface area contributed by atoms with E-state index in [0.29, 0.717) is 37.8 Å². The Labute approximate surface area is 222 Å². The molecular formula is C24H30F6N4O4S. The molecule has 0 aliphatic carbocycles. The third-order valence-electron chi connectivity index (χ3n) is 7.59. The van der Waals surface area contributed by atoms with Gasteiger partial charge in [-0.25, -0.2) is 0 Å². The van der Waals surface area contributed by atoms with Crippen LogP contribution in [0.3, 0.4) is 0 Å². The van der Waals surface area contributed by atoms with Crippen LogP contribution in [-0.4, -0.2) is 78.7 Å². The number of hydrogen-bond acceptors (Lipinski definition) is 4. The molecule has 3 fully saturated rings. The van der Waals surface area contributed by atoms with Gasteiger partial charge in [0, 0.05) is 39.3 Å². The highest BCUT2D eigenvalue weighted by atomic mass is 32.2. The molecule has 15 heteroatoms. The fourth-order valence-electron chi connectivity index (χ4n) is 5.38. The summed E-state index contributed by atoms with van der Waals surface area (Å²) in [5.74, 6) is -3.31. The number of nitrogens with zero attached hydrogens (tertiary/aromatic N) is 3. The largest absolute Gasteiger partial charge is 0.416 e. The van der Waals surface area contributed by atoms with E-state index in [4.69, 9.17) is 0 Å². The maximum atomic E-state index is 13.4. The molecule has 0 saturated carbocycles. The molecule has 8 nitrogen and oxygen atoms in total. The maximum Gasteiger partial charge on any atom is 0.416 e. The minimum Gasteiger partial charge on any atom is -0.350 e. The van der Waals surface area contributed by atoms with Gasteiger partial charge < -0.3 is 10.2 Å². The van der Waals surface area contributed by atoms with Crippen molar-refractivity contribution in [3.05, 3.63) is 35.4 Å². The van der Waals surface area contributed by atoms with Crippen molar-refractivity contribution in [1.29, 1.82) is 0 Å². The lowest BCUT2D eigenvalue weighted by Crippen LogP contribution is -2.53. The van der Waals surface area contributed by atoms with Crippen molar-refractivity contribution in [2.24, 2.45) is 11.8 Å². The zero-order chi connectivity index (χ0) is 28.6. The first kappa shape index (κ1) is 29.6. The second-order valence-corrected chi connectivity index (χ2v) is 12.1. The molecule has 39 heavy (non-hydrogen) atoms. The second kappa shape index (κ2) is 11.2. The smallest absolute Gasteiger partial charge is 0.350 e. The van der Waals surface area contributed by atoms with Crippen LogP contribution in [0, 0.1) is 11.8 Å². The fraction of sp³-hybridized carbons (Fsp3) is 0.667. The van der Waals surface area contributed by atoms with E-state index < -0.39 is 64.4 Å². The van der Waals surface area contributed by atoms with Gasteiger partial charge in [0.25, 0.3) is 10.2 Å². The zero-order valence-corrected chi connectivity index (χ0v) is 21.8. The van der Waals surface area contributed by atoms with E-state index in [2.05, 4.69) is 5.32 Å². The van der Waals surface area contributed by atoms with E-state index in [9.17, 15) is 44.3 Å². The Morgan fingerprint density at radius 3 is 2.13 bits per heavy atom. The minimum absolute atomic E-state index is 0.0281. The Bertz CT molecular complexity index is 1160. The Morgan fingerprint density at radius 1 is 0.872 bits per heavy atom. The van der Waals surface area contributed by atoms with Crippen LogP contribution in [0.2, 0.25) is 0 Å². The highest BCUT2D eigenvalue weighted by Gasteiger charge is 2.48. The summed E-state index contributed by atoms with van der Waals surface area (Å²) in [6.45, 7) is -0.705. The predicted molar refractivity (Wildman–Crippen MR) is 127 cm³/mol. The van der Waals surface area contributed by atoms with Gasteiger partial charge >= 0.3 is 12.4 Å². The predicted octanol–water partition coefficient (Wildman–Crippen LogP) is 3.15. The van der Waals surface area contributed by atoms with Gasteiger partial charge in [-0.3, -0.25) is 9.59 Å². The third-order valence-corrected chi connectivity index (χ3v) is 9.55. The highest BCUT2D eigenvalue weighted by Crippen LogP contribution is 2.36. The number of alkyl halides is 6. The second-order valence-electron chi connectivity index (χ2n) is 10.2. The number of halogens is 6. The van der Waals surface area contributed by atoms with Crippen molar-refractivity contribution >= 4 is 22.0 Å². The van der Waals surface area contributed by atoms with Crippen LogP contribution in [0.5, 0.6) is 0 Å². The molecule has 4 rings (SSSR count). The first-order valence-electron chi connectivity index (χ1n) is 12.7. The van der Waals surface area contributed by atoms with Crippen LogP contribution >= 0.6 is 0 Å². The number of piperidine rings is 1. The molecule has 2 amide bonds. The molecule has 3 atom stereocenters. The Kier molecular flexibility index (Phi) is 8.53. The molecule has 0 bridgehead atoms. The van der Waals surface area contributed by atoms with Crippen LogP contribution in [0.4, 0.5) is 26.3 Å². The lowest BCUT2D eigenvalue weighted by atomic mass is 9.97. The quantitative estimate of drug-likeness (QED) is 0.521. The first-order chi connectivity index (χ1) is 18.2. The van der Waals surface area contributed by atoms with Crippen LogP contribution in [0.15, 0.2) is 24.3 Å². The number of benzene rings is 1. The van der Waals surface area contributed by atoms with Crippen LogP contribution in [-0.2, 0) is 32.5 Å². The number of rotatable bonds is 6. The molecule has 0 unspecified atom stereocenters. The molecule has 0 radical (unpaired) electrons. The number of carbonyl (C=O) groups excluding carboxylic acids is 2. The molecule has 1 aromatic rings. The van der Waals surface area contributed by atoms with Gasteiger partial charge in [-0.1, -0.05) is 12.1 Å². The molecule has 1 aromatic carbocycles. The SMILES string of the molecule is O=C(NCc1ccc(C(F)(F)F)cc1)[C@H]1CCCN1C(=O)[C@H]1CCCN(S(=O)(=O)N2CC[C@H](C(F)(F)F)C2)C1. The number of hydrogen-bond donors (Lipinski definition) is 1. The molecule has 1 N–H and O–H groups in total. The summed E-state index contributed by atoms with van der Waals surface area (Å²) in [6, 6.07) is 3.55. The average molecular weight is 585 g/mol. The van der Waals surface area contributed by atoms with Gasteiger partial charge in [-0.05, 0) is 49.8 Å². The molecule has 3 aliphatic heterocycles. The zero-order valence-electron chi connectivity index (χ0n) is 21.0. The summed E-state index contributed by atoms with van der Waals surface area (Å²) in [6.07, 6.45) is -7.60. The van der Waals surface area contributed by atoms with Gasteiger partial charge in [0.2, 0.25) is 11.8 Å². The van der Waals surface area contributed by atoms with Crippen molar-refractivity contribution in [2.45, 2.75) is 57.0 Å². The standard InChI is InChI=1S/C24H30F6N4O4S/c25-23(26,27)18-7-5-16(6-8-18)13-31-21(35)20-4-2-11-34(20)22(36)17-3-1-10-32(14-17)39(37,38)33-12-9-19(15-33)24(28,29)30/h5-8,17,19-20H,1-4,9-15H2,(H,31,35)/t17-,19-,20+/m0/s1. The Morgan fingerprint density at radius 2 is 1.51 bits per heavy atom. The fourth-order valence-corrected chi connectivity index (χ4v) is 7.14. The van der Waals surface area contributed by atoms with Crippen LogP contribution in [0.25, 0.3) is 0 Å². The van der Waals surface area contributed by atoms with Crippen molar-refractivity contribution < 1.29 is 44.3 Å². The number of likely N-dealkylation sites (tertiary alicyclic amines) is 1. The Balaban J connectivity index is 1.35.